The number of carbonyl (C=O) groups excluding carboxylic acids is 3. The summed E-state index contributed by atoms with van der Waals surface area (Å²) >= 11 is 0. The first-order chi connectivity index (χ1) is 16.9. The van der Waals surface area contributed by atoms with Crippen LogP contribution >= 0.6 is 0 Å². The summed E-state index contributed by atoms with van der Waals surface area (Å²) in [7, 11) is 3.46. The Morgan fingerprint density at radius 3 is 2.53 bits per heavy atom. The third-order valence-corrected chi connectivity index (χ3v) is 8.32. The van der Waals surface area contributed by atoms with E-state index in [1.807, 2.05) is 7.05 Å². The van der Waals surface area contributed by atoms with Crippen LogP contribution < -0.4 is 16.2 Å². The van der Waals surface area contributed by atoms with Gasteiger partial charge in [0, 0.05) is 28.7 Å². The normalized spacial score (nSPS) is 32.3. The number of benzene rings is 1. The van der Waals surface area contributed by atoms with Crippen molar-refractivity contribution in [2.75, 3.05) is 20.7 Å². The highest BCUT2D eigenvalue weighted by Gasteiger charge is 2.62. The Hall–Kier alpha value is -3.41. The zero-order valence-corrected chi connectivity index (χ0v) is 19.9. The van der Waals surface area contributed by atoms with Gasteiger partial charge in [-0.25, -0.2) is 0 Å². The summed E-state index contributed by atoms with van der Waals surface area (Å²) in [6.45, 7) is 0.879. The van der Waals surface area contributed by atoms with Crippen molar-refractivity contribution in [3.63, 3.8) is 0 Å². The third kappa shape index (κ3) is 2.99. The van der Waals surface area contributed by atoms with E-state index in [1.54, 1.807) is 0 Å². The monoisotopic (exact) mass is 499 g/mol. The van der Waals surface area contributed by atoms with Gasteiger partial charge in [-0.1, -0.05) is 0 Å². The summed E-state index contributed by atoms with van der Waals surface area (Å²) in [4.78, 5) is 40.8. The van der Waals surface area contributed by atoms with Crippen LogP contribution in [0.3, 0.4) is 0 Å². The number of rotatable bonds is 3. The van der Waals surface area contributed by atoms with E-state index in [0.717, 1.165) is 24.9 Å². The number of primary amides is 1. The number of likely N-dealkylation sites (tertiary alicyclic amines) is 1. The molecule has 0 spiro atoms. The Balaban J connectivity index is 1.69. The van der Waals surface area contributed by atoms with E-state index in [4.69, 9.17) is 16.2 Å². The fourth-order valence-electron chi connectivity index (χ4n) is 6.58. The number of aromatic hydroxyl groups is 1. The average Bonchev–Trinajstić information content (AvgIpc) is 3.24. The van der Waals surface area contributed by atoms with Gasteiger partial charge in [0.05, 0.1) is 18.7 Å². The van der Waals surface area contributed by atoms with Gasteiger partial charge in [0.15, 0.2) is 11.4 Å². The zero-order valence-electron chi connectivity index (χ0n) is 19.9. The number of nitrogens with zero attached hydrogens (tertiary/aromatic N) is 1. The molecule has 3 aliphatic carbocycles. The molecule has 1 saturated heterocycles. The quantitative estimate of drug-likeness (QED) is 0.314. The molecule has 0 aromatic heterocycles. The molecule has 4 aliphatic rings. The van der Waals surface area contributed by atoms with Gasteiger partial charge >= 0.3 is 0 Å². The first kappa shape index (κ1) is 24.3. The van der Waals surface area contributed by atoms with Gasteiger partial charge in [-0.2, -0.15) is 0 Å². The van der Waals surface area contributed by atoms with Crippen LogP contribution in [0.2, 0.25) is 0 Å². The molecule has 11 nitrogen and oxygen atoms in total. The molecule has 1 heterocycles. The second-order valence-corrected chi connectivity index (χ2v) is 10.1. The molecule has 1 aromatic carbocycles. The number of aliphatic hydroxyl groups is 3. The van der Waals surface area contributed by atoms with Gasteiger partial charge in [-0.05, 0) is 51.3 Å². The summed E-state index contributed by atoms with van der Waals surface area (Å²) in [5.74, 6) is -6.82. The number of phenolic OH excluding ortho intramolecular Hbond substituents is 1. The molecule has 0 unspecified atom stereocenters. The zero-order chi connectivity index (χ0) is 26.3. The van der Waals surface area contributed by atoms with E-state index in [1.165, 1.54) is 13.2 Å². The SMILES string of the molecule is COc1c([C@@H]2CCCN2C)cc(O)c2c1C[C@H]1C[C@H]3[C@H](N)C(O)=C(C(N)=O)C(=O)[C@@]3(O)C(O)=C1C2=O. The number of fused-ring (bicyclic) bond motifs is 3. The number of amides is 1. The predicted molar refractivity (Wildman–Crippen MR) is 125 cm³/mol. The maximum absolute atomic E-state index is 13.7. The van der Waals surface area contributed by atoms with Crippen molar-refractivity contribution in [1.29, 1.82) is 0 Å². The molecule has 0 radical (unpaired) electrons. The third-order valence-electron chi connectivity index (χ3n) is 8.32. The summed E-state index contributed by atoms with van der Waals surface area (Å²) < 4.78 is 5.74. The lowest BCUT2D eigenvalue weighted by atomic mass is 9.59. The van der Waals surface area contributed by atoms with E-state index >= 15 is 0 Å². The van der Waals surface area contributed by atoms with Gasteiger partial charge in [0.25, 0.3) is 5.91 Å². The second kappa shape index (κ2) is 8.05. The summed E-state index contributed by atoms with van der Waals surface area (Å²) in [6, 6.07) is 0.101. The Kier molecular flexibility index (Phi) is 5.43. The molecule has 1 amide bonds. The average molecular weight is 500 g/mol. The Morgan fingerprint density at radius 2 is 1.94 bits per heavy atom. The fraction of sp³-hybridized carbons (Fsp3) is 0.480. The minimum Gasteiger partial charge on any atom is -0.510 e. The number of carbonyl (C=O) groups is 3. The largest absolute Gasteiger partial charge is 0.510 e. The predicted octanol–water partition coefficient (Wildman–Crippen LogP) is 0.293. The molecule has 1 aliphatic heterocycles. The van der Waals surface area contributed by atoms with E-state index in [9.17, 15) is 34.8 Å². The molecule has 0 saturated carbocycles. The van der Waals surface area contributed by atoms with Crippen molar-refractivity contribution in [3.8, 4) is 11.5 Å². The van der Waals surface area contributed by atoms with Crippen molar-refractivity contribution >= 4 is 17.5 Å². The molecule has 0 bridgehead atoms. The van der Waals surface area contributed by atoms with Gasteiger partial charge in [-0.3, -0.25) is 19.3 Å². The molecule has 8 N–H and O–H groups in total. The van der Waals surface area contributed by atoms with Crippen LogP contribution in [-0.2, 0) is 16.0 Å². The fourth-order valence-corrected chi connectivity index (χ4v) is 6.58. The lowest BCUT2D eigenvalue weighted by molar-refractivity contribution is -0.145. The Bertz CT molecular complexity index is 1280. The van der Waals surface area contributed by atoms with Crippen molar-refractivity contribution in [3.05, 3.63) is 45.4 Å². The standard InChI is InChI=1S/C25H29N3O8/c1-28-5-3-4-13(28)10-8-14(29)16-11(21(10)36-2)6-9-7-12-18(26)20(31)17(24(27)34)23(33)25(12,35)22(32)15(9)19(16)30/h8-9,12-13,18,29,31-32,35H,3-7,26H2,1-2H3,(H2,27,34)/t9-,12-,13-,18-,25-/m0/s1. The summed E-state index contributed by atoms with van der Waals surface area (Å²) in [5.41, 5.74) is 8.61. The van der Waals surface area contributed by atoms with Gasteiger partial charge in [0.1, 0.15) is 28.6 Å². The van der Waals surface area contributed by atoms with Crippen LogP contribution in [0.25, 0.3) is 0 Å². The van der Waals surface area contributed by atoms with Crippen LogP contribution in [0, 0.1) is 11.8 Å². The molecule has 5 rings (SSSR count). The number of ether oxygens (including phenoxy) is 1. The molecule has 1 aromatic rings. The van der Waals surface area contributed by atoms with Gasteiger partial charge < -0.3 is 36.6 Å². The van der Waals surface area contributed by atoms with Gasteiger partial charge in [0.2, 0.25) is 5.78 Å². The topological polar surface area (TPSA) is 197 Å². The maximum atomic E-state index is 13.7. The van der Waals surface area contributed by atoms with Crippen LogP contribution in [0.4, 0.5) is 0 Å². The van der Waals surface area contributed by atoms with Crippen molar-refractivity contribution < 1.29 is 39.5 Å². The molecule has 192 valence electrons. The van der Waals surface area contributed by atoms with Crippen LogP contribution in [0.1, 0.15) is 46.8 Å². The summed E-state index contributed by atoms with van der Waals surface area (Å²) in [6.07, 6.45) is 1.93. The molecule has 5 atom stereocenters. The molecule has 36 heavy (non-hydrogen) atoms. The number of ketones is 2. The highest BCUT2D eigenvalue weighted by atomic mass is 16.5. The molecule has 1 fully saturated rings. The Morgan fingerprint density at radius 1 is 1.25 bits per heavy atom. The number of hydrogen-bond acceptors (Lipinski definition) is 10. The lowest BCUT2D eigenvalue weighted by Gasteiger charge is -2.47. The van der Waals surface area contributed by atoms with Crippen molar-refractivity contribution in [1.82, 2.24) is 4.90 Å². The lowest BCUT2D eigenvalue weighted by Crippen LogP contribution is -2.63. The first-order valence-electron chi connectivity index (χ1n) is 11.8. The maximum Gasteiger partial charge on any atom is 0.255 e. The van der Waals surface area contributed by atoms with Crippen molar-refractivity contribution in [2.45, 2.75) is 43.4 Å². The number of methoxy groups -OCH3 is 1. The van der Waals surface area contributed by atoms with Crippen LogP contribution in [0.15, 0.2) is 28.7 Å². The van der Waals surface area contributed by atoms with E-state index in [-0.39, 0.29) is 35.8 Å². The van der Waals surface area contributed by atoms with Crippen molar-refractivity contribution in [2.24, 2.45) is 23.3 Å². The van der Waals surface area contributed by atoms with E-state index in [2.05, 4.69) is 4.90 Å². The summed E-state index contributed by atoms with van der Waals surface area (Å²) in [5, 5.41) is 43.9. The molecule has 11 heteroatoms. The molecular weight excluding hydrogens is 470 g/mol. The molecular formula is C25H29N3O8. The smallest absolute Gasteiger partial charge is 0.255 e. The number of hydrogen-bond donors (Lipinski definition) is 6. The Labute approximate surface area is 206 Å². The van der Waals surface area contributed by atoms with Crippen LogP contribution in [-0.4, -0.2) is 75.1 Å². The number of nitrogens with two attached hydrogens (primary N) is 2. The highest BCUT2D eigenvalue weighted by molar-refractivity contribution is 6.24. The minimum absolute atomic E-state index is 0.00765. The number of Topliss-reactive ketones (excluding diaryl/α,β-unsaturated/α-hetero) is 2. The first-order valence-corrected chi connectivity index (χ1v) is 11.8. The number of aliphatic hydroxyl groups excluding tert-OH is 2. The second-order valence-electron chi connectivity index (χ2n) is 10.1. The van der Waals surface area contributed by atoms with Gasteiger partial charge in [-0.15, -0.1) is 0 Å². The number of phenols is 1. The van der Waals surface area contributed by atoms with Crippen LogP contribution in [0.5, 0.6) is 11.5 Å². The number of allylic oxidation sites excluding steroid dienone is 1. The van der Waals surface area contributed by atoms with E-state index < -0.39 is 58.0 Å². The minimum atomic E-state index is -2.72. The highest BCUT2D eigenvalue weighted by Crippen LogP contribution is 2.53. The van der Waals surface area contributed by atoms with E-state index in [0.29, 0.717) is 11.3 Å².